The number of aromatic nitrogens is 1. The number of halogens is 1. The van der Waals surface area contributed by atoms with Gasteiger partial charge in [0.25, 0.3) is 10.2 Å². The number of nitrogens with two attached hydrogens (primary N) is 1. The summed E-state index contributed by atoms with van der Waals surface area (Å²) in [6.07, 6.45) is 5.31. The van der Waals surface area contributed by atoms with Crippen molar-refractivity contribution in [1.29, 1.82) is 0 Å². The highest BCUT2D eigenvalue weighted by Crippen LogP contribution is 2.30. The van der Waals surface area contributed by atoms with E-state index in [1.165, 1.54) is 5.56 Å². The van der Waals surface area contributed by atoms with Crippen molar-refractivity contribution < 1.29 is 8.42 Å². The van der Waals surface area contributed by atoms with E-state index in [1.54, 1.807) is 13.8 Å². The zero-order valence-corrected chi connectivity index (χ0v) is 26.9. The van der Waals surface area contributed by atoms with Crippen molar-refractivity contribution in [3.63, 3.8) is 0 Å². The zero-order chi connectivity index (χ0) is 30.6. The summed E-state index contributed by atoms with van der Waals surface area (Å²) in [5.41, 5.74) is 2.09. The van der Waals surface area contributed by atoms with E-state index >= 15 is 0 Å². The fourth-order valence-corrected chi connectivity index (χ4v) is 7.31. The van der Waals surface area contributed by atoms with Crippen LogP contribution in [0.25, 0.3) is 0 Å². The lowest BCUT2D eigenvalue weighted by molar-refractivity contribution is 0.0610. The summed E-state index contributed by atoms with van der Waals surface area (Å²) in [6.45, 7) is 13.2. The van der Waals surface area contributed by atoms with E-state index in [2.05, 4.69) is 60.6 Å². The van der Waals surface area contributed by atoms with Crippen molar-refractivity contribution in [3.05, 3.63) is 58.2 Å². The molecule has 2 aromatic rings. The highest BCUT2D eigenvalue weighted by Gasteiger charge is 2.34. The van der Waals surface area contributed by atoms with Crippen LogP contribution in [0.15, 0.2) is 41.5 Å². The van der Waals surface area contributed by atoms with E-state index in [-0.39, 0.29) is 0 Å². The molecule has 2 saturated heterocycles. The number of piperazine rings is 1. The summed E-state index contributed by atoms with van der Waals surface area (Å²) in [7, 11) is -3.82. The number of hydrogen-bond donors (Lipinski definition) is 3. The lowest BCUT2D eigenvalue weighted by Gasteiger charge is -2.47. The van der Waals surface area contributed by atoms with Crippen molar-refractivity contribution >= 4 is 33.5 Å². The third-order valence-electron chi connectivity index (χ3n) is 8.37. The topological polar surface area (TPSA) is 119 Å². The highest BCUT2D eigenvalue weighted by atomic mass is 35.5. The first-order chi connectivity index (χ1) is 20.5. The van der Waals surface area contributed by atoms with E-state index in [0.717, 1.165) is 94.4 Å². The molecule has 3 aliphatic heterocycles. The Labute approximate surface area is 261 Å². The number of rotatable bonds is 8. The summed E-state index contributed by atoms with van der Waals surface area (Å²) in [5.74, 6) is 7.75. The third-order valence-corrected chi connectivity index (χ3v) is 9.44. The monoisotopic (exact) mass is 626 g/mol. The van der Waals surface area contributed by atoms with Gasteiger partial charge in [-0.3, -0.25) is 14.8 Å². The lowest BCUT2D eigenvalue weighted by atomic mass is 9.97. The van der Waals surface area contributed by atoms with Crippen LogP contribution in [-0.2, 0) is 16.8 Å². The van der Waals surface area contributed by atoms with Crippen LogP contribution in [0.2, 0.25) is 5.02 Å². The molecule has 0 bridgehead atoms. The number of aliphatic imine (C=N–C) groups is 1. The Hall–Kier alpha value is -2.72. The van der Waals surface area contributed by atoms with Crippen molar-refractivity contribution in [3.8, 4) is 11.8 Å². The summed E-state index contributed by atoms with van der Waals surface area (Å²) in [4.78, 5) is 16.8. The number of nitrogens with zero attached hydrogens (tertiary/aromatic N) is 5. The molecule has 232 valence electrons. The summed E-state index contributed by atoms with van der Waals surface area (Å²) < 4.78 is 25.0. The summed E-state index contributed by atoms with van der Waals surface area (Å²) in [5, 5.41) is 9.07. The molecule has 0 spiro atoms. The predicted octanol–water partition coefficient (Wildman–Crippen LogP) is 2.57. The van der Waals surface area contributed by atoms with Gasteiger partial charge in [0.1, 0.15) is 11.7 Å². The second kappa shape index (κ2) is 13.5. The molecule has 4 heterocycles. The van der Waals surface area contributed by atoms with Gasteiger partial charge in [0.2, 0.25) is 0 Å². The van der Waals surface area contributed by atoms with Crippen LogP contribution in [0.5, 0.6) is 0 Å². The van der Waals surface area contributed by atoms with Gasteiger partial charge in [-0.2, -0.15) is 13.1 Å². The molecule has 43 heavy (non-hydrogen) atoms. The van der Waals surface area contributed by atoms with Gasteiger partial charge in [-0.25, -0.2) is 10.1 Å². The molecule has 2 fully saturated rings. The number of anilines is 1. The number of hydrogen-bond acceptors (Lipinski definition) is 8. The second-order valence-electron chi connectivity index (χ2n) is 12.2. The van der Waals surface area contributed by atoms with Crippen LogP contribution in [0.1, 0.15) is 56.7 Å². The Balaban J connectivity index is 1.12. The number of piperidine rings is 1. The van der Waals surface area contributed by atoms with E-state index in [9.17, 15) is 8.42 Å². The Bertz CT molecular complexity index is 1480. The molecule has 3 aliphatic rings. The molecule has 12 heteroatoms. The number of pyridine rings is 1. The average molecular weight is 627 g/mol. The summed E-state index contributed by atoms with van der Waals surface area (Å²) >= 11 is 6.72. The first-order valence-corrected chi connectivity index (χ1v) is 17.0. The van der Waals surface area contributed by atoms with Crippen molar-refractivity contribution in [1.82, 2.24) is 24.8 Å². The maximum atomic E-state index is 11.3. The predicted molar refractivity (Wildman–Crippen MR) is 174 cm³/mol. The highest BCUT2D eigenvalue weighted by molar-refractivity contribution is 7.87. The minimum atomic E-state index is -3.82. The Kier molecular flexibility index (Phi) is 9.96. The van der Waals surface area contributed by atoms with Crippen molar-refractivity contribution in [2.75, 3.05) is 50.7 Å². The number of nitrogens with one attached hydrogen (secondary N) is 2. The molecular formula is C31H43ClN8O2S. The molecule has 4 N–H and O–H groups in total. The minimum absolute atomic E-state index is 0.475. The Morgan fingerprint density at radius 3 is 2.53 bits per heavy atom. The number of amidine groups is 1. The molecule has 1 aromatic heterocycles. The molecule has 0 saturated carbocycles. The molecule has 1 atom stereocenters. The van der Waals surface area contributed by atoms with Crippen LogP contribution >= 0.6 is 11.6 Å². The first kappa shape index (κ1) is 31.7. The largest absolute Gasteiger partial charge is 0.368 e. The maximum absolute atomic E-state index is 11.3. The van der Waals surface area contributed by atoms with Gasteiger partial charge in [-0.05, 0) is 70.0 Å². The normalized spacial score (nSPS) is 20.8. The molecule has 0 radical (unpaired) electrons. The van der Waals surface area contributed by atoms with Crippen LogP contribution in [-0.4, -0.2) is 92.5 Å². The minimum Gasteiger partial charge on any atom is -0.368 e. The standard InChI is InChI=1S/C31H43ClN8O2S/c1-4-26-22-39(30-28(32)19-25(20-36-30)29-34-13-14-35-29)17-18-40(26)27-10-15-38(16-11-27)21-24-7-5-23(6-8-24)9-12-31(2,3)37-43(33,41)42/h5-8,19-20,26-27,37H,4,10-11,13-18,21-22H2,1-3H3,(H,34,35)(H2,33,41,42)/t26-/m0/s1. The van der Waals surface area contributed by atoms with Gasteiger partial charge in [-0.15, -0.1) is 0 Å². The van der Waals surface area contributed by atoms with Crippen molar-refractivity contribution in [2.45, 2.75) is 64.2 Å². The molecule has 10 nitrogen and oxygen atoms in total. The molecule has 0 unspecified atom stereocenters. The van der Waals surface area contributed by atoms with Crippen LogP contribution in [0, 0.1) is 11.8 Å². The van der Waals surface area contributed by atoms with E-state index in [4.69, 9.17) is 21.7 Å². The summed E-state index contributed by atoms with van der Waals surface area (Å²) in [6, 6.07) is 11.2. The Morgan fingerprint density at radius 1 is 1.16 bits per heavy atom. The molecule has 5 rings (SSSR count). The van der Waals surface area contributed by atoms with Gasteiger partial charge < -0.3 is 10.2 Å². The SMILES string of the molecule is CC[C@H]1CN(c2ncc(C3=NCCN3)cc2Cl)CCN1C1CCN(Cc2ccc(C#CC(C)(C)NS(N)(=O)=O)cc2)CC1. The van der Waals surface area contributed by atoms with Gasteiger partial charge in [0.15, 0.2) is 0 Å². The molecular weight excluding hydrogens is 584 g/mol. The zero-order valence-electron chi connectivity index (χ0n) is 25.3. The average Bonchev–Trinajstić information content (AvgIpc) is 3.51. The van der Waals surface area contributed by atoms with Gasteiger partial charge in [-0.1, -0.05) is 42.5 Å². The Morgan fingerprint density at radius 2 is 1.91 bits per heavy atom. The maximum Gasteiger partial charge on any atom is 0.275 e. The lowest BCUT2D eigenvalue weighted by Crippen LogP contribution is -2.58. The fourth-order valence-electron chi connectivity index (χ4n) is 6.26. The first-order valence-electron chi connectivity index (χ1n) is 15.1. The third kappa shape index (κ3) is 8.47. The molecule has 0 amide bonds. The molecule has 0 aliphatic carbocycles. The van der Waals surface area contributed by atoms with Gasteiger partial charge in [0, 0.05) is 62.1 Å². The van der Waals surface area contributed by atoms with Gasteiger partial charge >= 0.3 is 0 Å². The van der Waals surface area contributed by atoms with E-state index in [0.29, 0.717) is 17.1 Å². The smallest absolute Gasteiger partial charge is 0.275 e. The van der Waals surface area contributed by atoms with E-state index < -0.39 is 15.7 Å². The van der Waals surface area contributed by atoms with Crippen LogP contribution < -0.4 is 20.1 Å². The fraction of sp³-hybridized carbons (Fsp3) is 0.548. The van der Waals surface area contributed by atoms with Crippen molar-refractivity contribution in [2.24, 2.45) is 10.1 Å². The number of benzene rings is 1. The molecule has 1 aromatic carbocycles. The quantitative estimate of drug-likeness (QED) is 0.386. The van der Waals surface area contributed by atoms with Crippen LogP contribution in [0.3, 0.4) is 0 Å². The van der Waals surface area contributed by atoms with Crippen LogP contribution in [0.4, 0.5) is 5.82 Å². The van der Waals surface area contributed by atoms with E-state index in [1.807, 2.05) is 24.4 Å². The second-order valence-corrected chi connectivity index (χ2v) is 13.9. The van der Waals surface area contributed by atoms with Gasteiger partial charge in [0.05, 0.1) is 17.1 Å². The number of likely N-dealkylation sites (tertiary alicyclic amines) is 1.